The van der Waals surface area contributed by atoms with Crippen LogP contribution in [0.15, 0.2) is 60.2 Å². The molecule has 3 aromatic carbocycles. The number of rotatable bonds is 8. The van der Waals surface area contributed by atoms with Gasteiger partial charge in [0.15, 0.2) is 5.13 Å². The Kier molecular flexibility index (Phi) is 7.49. The number of anilines is 1. The summed E-state index contributed by atoms with van der Waals surface area (Å²) >= 11 is 1.37. The van der Waals surface area contributed by atoms with Crippen LogP contribution in [0.1, 0.15) is 67.0 Å². The van der Waals surface area contributed by atoms with Gasteiger partial charge in [-0.25, -0.2) is 4.98 Å². The van der Waals surface area contributed by atoms with Crippen LogP contribution in [0, 0.1) is 13.8 Å². The van der Waals surface area contributed by atoms with Crippen molar-refractivity contribution < 1.29 is 24.2 Å². The highest BCUT2D eigenvalue weighted by Gasteiger charge is 2.48. The summed E-state index contributed by atoms with van der Waals surface area (Å²) in [5, 5.41) is 12.1. The highest BCUT2D eigenvalue weighted by atomic mass is 32.1. The van der Waals surface area contributed by atoms with Crippen LogP contribution in [-0.4, -0.2) is 34.5 Å². The number of thiazole rings is 1. The fourth-order valence-corrected chi connectivity index (χ4v) is 6.99. The number of aromatic nitrogens is 1. The summed E-state index contributed by atoms with van der Waals surface area (Å²) in [4.78, 5) is 33.7. The molecule has 0 bridgehead atoms. The van der Waals surface area contributed by atoms with Gasteiger partial charge < -0.3 is 14.6 Å². The molecule has 1 fully saturated rings. The summed E-state index contributed by atoms with van der Waals surface area (Å²) in [6.45, 7) is 8.77. The van der Waals surface area contributed by atoms with Crippen LogP contribution in [0.4, 0.5) is 5.13 Å². The lowest BCUT2D eigenvalue weighted by Crippen LogP contribution is -2.29. The SMILES string of the molecule is CCCCCOc1ccc([C@@H]2C(=C(O)c3ccc4c(c3)C[C@H](C)O4)C(=O)C(=O)N2c2nc3c(C)cc(C)cc3s2)cc1. The number of ether oxygens (including phenoxy) is 2. The Morgan fingerprint density at radius 1 is 1.10 bits per heavy atom. The number of carbonyl (C=O) groups excluding carboxylic acids is 2. The van der Waals surface area contributed by atoms with Crippen molar-refractivity contribution in [2.24, 2.45) is 0 Å². The van der Waals surface area contributed by atoms with Crippen LogP contribution < -0.4 is 14.4 Å². The number of carbonyl (C=O) groups is 2. The molecular formula is C34H34N2O5S. The second-order valence-electron chi connectivity index (χ2n) is 11.2. The van der Waals surface area contributed by atoms with Gasteiger partial charge in [-0.05, 0) is 85.8 Å². The monoisotopic (exact) mass is 582 g/mol. The zero-order valence-electron chi connectivity index (χ0n) is 24.3. The summed E-state index contributed by atoms with van der Waals surface area (Å²) in [5.41, 5.74) is 5.04. The molecule has 0 aliphatic carbocycles. The minimum absolute atomic E-state index is 0.0377. The van der Waals surface area contributed by atoms with E-state index in [-0.39, 0.29) is 17.4 Å². The number of Topliss-reactive ketones (excluding diaryl/α,β-unsaturated/α-hetero) is 1. The third-order valence-corrected chi connectivity index (χ3v) is 8.85. The first-order valence-electron chi connectivity index (χ1n) is 14.5. The Morgan fingerprint density at radius 3 is 2.64 bits per heavy atom. The maximum absolute atomic E-state index is 13.7. The number of ketones is 1. The molecule has 0 spiro atoms. The highest BCUT2D eigenvalue weighted by molar-refractivity contribution is 7.22. The van der Waals surface area contributed by atoms with Gasteiger partial charge in [0.25, 0.3) is 5.78 Å². The van der Waals surface area contributed by atoms with Gasteiger partial charge >= 0.3 is 5.91 Å². The average Bonchev–Trinajstić information content (AvgIpc) is 3.63. The van der Waals surface area contributed by atoms with Crippen molar-refractivity contribution in [3.63, 3.8) is 0 Å². The van der Waals surface area contributed by atoms with E-state index in [4.69, 9.17) is 14.5 Å². The van der Waals surface area contributed by atoms with E-state index in [1.165, 1.54) is 16.2 Å². The molecule has 4 aromatic rings. The lowest BCUT2D eigenvalue weighted by Gasteiger charge is -2.23. The van der Waals surface area contributed by atoms with Gasteiger partial charge in [0, 0.05) is 12.0 Å². The summed E-state index contributed by atoms with van der Waals surface area (Å²) < 4.78 is 12.7. The van der Waals surface area contributed by atoms with E-state index < -0.39 is 17.7 Å². The molecular weight excluding hydrogens is 548 g/mol. The second-order valence-corrected chi connectivity index (χ2v) is 12.2. The van der Waals surface area contributed by atoms with E-state index in [0.717, 1.165) is 51.9 Å². The molecule has 2 aliphatic rings. The molecule has 1 amide bonds. The number of hydrogen-bond donors (Lipinski definition) is 1. The lowest BCUT2D eigenvalue weighted by molar-refractivity contribution is -0.132. The molecule has 1 aromatic heterocycles. The largest absolute Gasteiger partial charge is 0.507 e. The molecule has 0 unspecified atom stereocenters. The van der Waals surface area contributed by atoms with E-state index in [2.05, 4.69) is 13.0 Å². The standard InChI is InChI=1S/C34H34N2O5S/c1-5-6-7-14-40-25-11-8-22(9-12-25)30-28(31(37)23-10-13-26-24(18-23)17-21(4)41-26)32(38)33(39)36(30)34-35-29-20(3)15-19(2)16-27(29)42-34/h8-13,15-16,18,21,30,37H,5-7,14,17H2,1-4H3/t21-,30+/m0/s1. The van der Waals surface area contributed by atoms with Crippen molar-refractivity contribution in [2.45, 2.75) is 65.5 Å². The summed E-state index contributed by atoms with van der Waals surface area (Å²) in [5.74, 6) is -0.185. The van der Waals surface area contributed by atoms with Crippen LogP contribution in [0.2, 0.25) is 0 Å². The molecule has 1 saturated heterocycles. The van der Waals surface area contributed by atoms with Gasteiger partial charge in [-0.3, -0.25) is 14.5 Å². The zero-order valence-corrected chi connectivity index (χ0v) is 25.1. The Hall–Kier alpha value is -4.17. The molecule has 42 heavy (non-hydrogen) atoms. The lowest BCUT2D eigenvalue weighted by atomic mass is 9.94. The van der Waals surface area contributed by atoms with Gasteiger partial charge in [-0.1, -0.05) is 49.3 Å². The van der Waals surface area contributed by atoms with Gasteiger partial charge in [-0.15, -0.1) is 0 Å². The van der Waals surface area contributed by atoms with E-state index in [9.17, 15) is 14.7 Å². The number of amides is 1. The fraction of sp³-hybridized carbons (Fsp3) is 0.324. The average molecular weight is 583 g/mol. The van der Waals surface area contributed by atoms with E-state index in [1.54, 1.807) is 6.07 Å². The maximum atomic E-state index is 13.7. The predicted octanol–water partition coefficient (Wildman–Crippen LogP) is 7.43. The van der Waals surface area contributed by atoms with Crippen molar-refractivity contribution in [1.82, 2.24) is 4.98 Å². The molecule has 0 radical (unpaired) electrons. The smallest absolute Gasteiger partial charge is 0.301 e. The molecule has 2 aliphatic heterocycles. The molecule has 1 N–H and O–H groups in total. The van der Waals surface area contributed by atoms with Crippen molar-refractivity contribution in [3.05, 3.63) is 88.0 Å². The van der Waals surface area contributed by atoms with E-state index in [0.29, 0.717) is 35.0 Å². The third kappa shape index (κ3) is 5.04. The Bertz CT molecular complexity index is 1720. The van der Waals surface area contributed by atoms with E-state index in [1.807, 2.05) is 63.2 Å². The first-order chi connectivity index (χ1) is 20.2. The number of benzene rings is 3. The Labute approximate surface area is 249 Å². The minimum Gasteiger partial charge on any atom is -0.507 e. The van der Waals surface area contributed by atoms with Gasteiger partial charge in [0.05, 0.1) is 28.4 Å². The predicted molar refractivity (Wildman–Crippen MR) is 166 cm³/mol. The molecule has 7 nitrogen and oxygen atoms in total. The molecule has 2 atom stereocenters. The van der Waals surface area contributed by atoms with Crippen LogP contribution in [-0.2, 0) is 16.0 Å². The van der Waals surface area contributed by atoms with E-state index >= 15 is 0 Å². The Balaban J connectivity index is 1.45. The summed E-state index contributed by atoms with van der Waals surface area (Å²) in [6, 6.07) is 16.0. The molecule has 216 valence electrons. The van der Waals surface area contributed by atoms with Crippen molar-refractivity contribution >= 4 is 44.1 Å². The number of aliphatic hydroxyl groups is 1. The summed E-state index contributed by atoms with van der Waals surface area (Å²) in [6.07, 6.45) is 3.93. The molecule has 0 saturated carbocycles. The van der Waals surface area contributed by atoms with Crippen molar-refractivity contribution in [1.29, 1.82) is 0 Å². The third-order valence-electron chi connectivity index (χ3n) is 7.85. The van der Waals surface area contributed by atoms with Gasteiger partial charge in [0.2, 0.25) is 0 Å². The highest BCUT2D eigenvalue weighted by Crippen LogP contribution is 2.45. The maximum Gasteiger partial charge on any atom is 0.301 e. The van der Waals surface area contributed by atoms with Crippen molar-refractivity contribution in [3.8, 4) is 11.5 Å². The topological polar surface area (TPSA) is 89.0 Å². The van der Waals surface area contributed by atoms with Crippen LogP contribution in [0.25, 0.3) is 16.0 Å². The van der Waals surface area contributed by atoms with Gasteiger partial charge in [0.1, 0.15) is 23.4 Å². The molecule has 6 rings (SSSR count). The summed E-state index contributed by atoms with van der Waals surface area (Å²) in [7, 11) is 0. The second kappa shape index (κ2) is 11.2. The first-order valence-corrected chi connectivity index (χ1v) is 15.3. The fourth-order valence-electron chi connectivity index (χ4n) is 5.82. The zero-order chi connectivity index (χ0) is 29.5. The number of nitrogens with zero attached hydrogens (tertiary/aromatic N) is 2. The van der Waals surface area contributed by atoms with Crippen LogP contribution >= 0.6 is 11.3 Å². The number of unbranched alkanes of at least 4 members (excludes halogenated alkanes) is 2. The normalized spacial score (nSPS) is 19.4. The minimum atomic E-state index is -0.857. The molecule has 8 heteroatoms. The number of hydrogen-bond acceptors (Lipinski definition) is 7. The quantitative estimate of drug-likeness (QED) is 0.101. The number of aryl methyl sites for hydroxylation is 2. The number of aliphatic hydroxyl groups excluding tert-OH is 1. The Morgan fingerprint density at radius 2 is 1.88 bits per heavy atom. The first kappa shape index (κ1) is 28.0. The van der Waals surface area contributed by atoms with Crippen LogP contribution in [0.5, 0.6) is 11.5 Å². The van der Waals surface area contributed by atoms with Crippen molar-refractivity contribution in [2.75, 3.05) is 11.5 Å². The molecule has 3 heterocycles. The number of fused-ring (bicyclic) bond motifs is 2. The van der Waals surface area contributed by atoms with Gasteiger partial charge in [-0.2, -0.15) is 0 Å². The van der Waals surface area contributed by atoms with Crippen LogP contribution in [0.3, 0.4) is 0 Å².